The van der Waals surface area contributed by atoms with Gasteiger partial charge in [0.25, 0.3) is 0 Å². The highest BCUT2D eigenvalue weighted by molar-refractivity contribution is 4.87. The Morgan fingerprint density at radius 2 is 1.71 bits per heavy atom. The molecule has 1 saturated carbocycles. The van der Waals surface area contributed by atoms with Crippen LogP contribution in [0.25, 0.3) is 0 Å². The Hall–Kier alpha value is -0.0800. The first-order valence-electron chi connectivity index (χ1n) is 6.01. The molecule has 1 aliphatic carbocycles. The van der Waals surface area contributed by atoms with Gasteiger partial charge in [0.15, 0.2) is 0 Å². The molecule has 0 heterocycles. The summed E-state index contributed by atoms with van der Waals surface area (Å²) in [4.78, 5) is 2.49. The Labute approximate surface area is 88.8 Å². The molecule has 2 N–H and O–H groups in total. The lowest BCUT2D eigenvalue weighted by Crippen LogP contribution is -2.52. The molecule has 0 aromatic heterocycles. The second-order valence-electron chi connectivity index (χ2n) is 5.17. The zero-order valence-electron chi connectivity index (χ0n) is 10.2. The number of hydrogen-bond acceptors (Lipinski definition) is 2. The molecule has 2 nitrogen and oxygen atoms in total. The van der Waals surface area contributed by atoms with Gasteiger partial charge in [0.2, 0.25) is 0 Å². The van der Waals surface area contributed by atoms with Crippen LogP contribution in [0, 0.1) is 5.92 Å². The summed E-state index contributed by atoms with van der Waals surface area (Å²) in [5.41, 5.74) is 6.18. The SMILES string of the molecule is CC(C)C(C)N(C)C1CCCCC1N. The van der Waals surface area contributed by atoms with Gasteiger partial charge in [-0.2, -0.15) is 0 Å². The van der Waals surface area contributed by atoms with Crippen LogP contribution in [0.2, 0.25) is 0 Å². The minimum Gasteiger partial charge on any atom is -0.326 e. The molecule has 3 unspecified atom stereocenters. The van der Waals surface area contributed by atoms with Crippen LogP contribution in [0.1, 0.15) is 46.5 Å². The van der Waals surface area contributed by atoms with E-state index in [0.717, 1.165) is 0 Å². The minimum absolute atomic E-state index is 0.398. The van der Waals surface area contributed by atoms with E-state index in [2.05, 4.69) is 32.7 Å². The maximum atomic E-state index is 6.18. The first-order chi connectivity index (χ1) is 6.54. The van der Waals surface area contributed by atoms with E-state index in [9.17, 15) is 0 Å². The lowest BCUT2D eigenvalue weighted by Gasteiger charge is -2.40. The van der Waals surface area contributed by atoms with E-state index < -0.39 is 0 Å². The van der Waals surface area contributed by atoms with E-state index in [-0.39, 0.29) is 0 Å². The van der Waals surface area contributed by atoms with Crippen LogP contribution in [0.4, 0.5) is 0 Å². The number of nitrogens with two attached hydrogens (primary N) is 1. The van der Waals surface area contributed by atoms with E-state index >= 15 is 0 Å². The average molecular weight is 198 g/mol. The molecule has 3 atom stereocenters. The number of rotatable bonds is 3. The summed E-state index contributed by atoms with van der Waals surface area (Å²) in [6.45, 7) is 6.89. The van der Waals surface area contributed by atoms with Crippen molar-refractivity contribution >= 4 is 0 Å². The molecule has 0 radical (unpaired) electrons. The highest BCUT2D eigenvalue weighted by Gasteiger charge is 2.28. The molecule has 0 aromatic rings. The second kappa shape index (κ2) is 5.13. The third-order valence-corrected chi connectivity index (χ3v) is 3.91. The topological polar surface area (TPSA) is 29.3 Å². The number of hydrogen-bond donors (Lipinski definition) is 1. The van der Waals surface area contributed by atoms with Gasteiger partial charge in [0.05, 0.1) is 0 Å². The van der Waals surface area contributed by atoms with Crippen molar-refractivity contribution in [1.29, 1.82) is 0 Å². The van der Waals surface area contributed by atoms with Gasteiger partial charge < -0.3 is 5.73 Å². The van der Waals surface area contributed by atoms with Crippen molar-refractivity contribution in [2.24, 2.45) is 11.7 Å². The van der Waals surface area contributed by atoms with Gasteiger partial charge >= 0.3 is 0 Å². The highest BCUT2D eigenvalue weighted by Crippen LogP contribution is 2.24. The zero-order chi connectivity index (χ0) is 10.7. The summed E-state index contributed by atoms with van der Waals surface area (Å²) in [6.07, 6.45) is 5.17. The summed E-state index contributed by atoms with van der Waals surface area (Å²) in [6, 6.07) is 1.65. The largest absolute Gasteiger partial charge is 0.326 e. The molecule has 0 saturated heterocycles. The maximum absolute atomic E-state index is 6.18. The lowest BCUT2D eigenvalue weighted by atomic mass is 9.88. The molecule has 0 aromatic carbocycles. The quantitative estimate of drug-likeness (QED) is 0.753. The molecule has 1 fully saturated rings. The maximum Gasteiger partial charge on any atom is 0.0247 e. The standard InChI is InChI=1S/C12H26N2/c1-9(2)10(3)14(4)12-8-6-5-7-11(12)13/h9-12H,5-8,13H2,1-4H3. The van der Waals surface area contributed by atoms with Crippen LogP contribution in [-0.2, 0) is 0 Å². The van der Waals surface area contributed by atoms with E-state index in [4.69, 9.17) is 5.73 Å². The Kier molecular flexibility index (Phi) is 4.39. The molecular weight excluding hydrogens is 172 g/mol. The first kappa shape index (κ1) is 12.0. The third kappa shape index (κ3) is 2.71. The van der Waals surface area contributed by atoms with E-state index in [1.54, 1.807) is 0 Å². The summed E-state index contributed by atoms with van der Waals surface area (Å²) in [5.74, 6) is 0.717. The van der Waals surface area contributed by atoms with Crippen molar-refractivity contribution in [2.75, 3.05) is 7.05 Å². The van der Waals surface area contributed by atoms with Gasteiger partial charge in [-0.05, 0) is 32.7 Å². The highest BCUT2D eigenvalue weighted by atomic mass is 15.2. The van der Waals surface area contributed by atoms with Crippen LogP contribution < -0.4 is 5.73 Å². The second-order valence-corrected chi connectivity index (χ2v) is 5.17. The van der Waals surface area contributed by atoms with E-state index in [1.165, 1.54) is 25.7 Å². The number of likely N-dealkylation sites (N-methyl/N-ethyl adjacent to an activating group) is 1. The Balaban J connectivity index is 2.53. The molecule has 2 heteroatoms. The molecule has 1 aliphatic rings. The van der Waals surface area contributed by atoms with Gasteiger partial charge in [-0.25, -0.2) is 0 Å². The van der Waals surface area contributed by atoms with Crippen LogP contribution in [0.3, 0.4) is 0 Å². The van der Waals surface area contributed by atoms with Crippen LogP contribution >= 0.6 is 0 Å². The molecule has 0 aliphatic heterocycles. The summed E-state index contributed by atoms with van der Waals surface area (Å²) < 4.78 is 0. The average Bonchev–Trinajstić information content (AvgIpc) is 2.16. The summed E-state index contributed by atoms with van der Waals surface area (Å²) in [7, 11) is 2.24. The van der Waals surface area contributed by atoms with E-state index in [0.29, 0.717) is 24.0 Å². The van der Waals surface area contributed by atoms with Crippen molar-refractivity contribution in [3.63, 3.8) is 0 Å². The Bertz CT molecular complexity index is 168. The lowest BCUT2D eigenvalue weighted by molar-refractivity contribution is 0.104. The summed E-state index contributed by atoms with van der Waals surface area (Å²) >= 11 is 0. The third-order valence-electron chi connectivity index (χ3n) is 3.91. The monoisotopic (exact) mass is 198 g/mol. The van der Waals surface area contributed by atoms with Crippen LogP contribution in [-0.4, -0.2) is 30.1 Å². The predicted octanol–water partition coefficient (Wildman–Crippen LogP) is 2.23. The Morgan fingerprint density at radius 3 is 2.21 bits per heavy atom. The molecule has 14 heavy (non-hydrogen) atoms. The smallest absolute Gasteiger partial charge is 0.0247 e. The van der Waals surface area contributed by atoms with Crippen LogP contribution in [0.15, 0.2) is 0 Å². The van der Waals surface area contributed by atoms with E-state index in [1.807, 2.05) is 0 Å². The zero-order valence-corrected chi connectivity index (χ0v) is 10.2. The van der Waals surface area contributed by atoms with Crippen molar-refractivity contribution in [3.8, 4) is 0 Å². The normalized spacial score (nSPS) is 31.1. The van der Waals surface area contributed by atoms with Gasteiger partial charge in [0, 0.05) is 18.1 Å². The van der Waals surface area contributed by atoms with Gasteiger partial charge in [-0.1, -0.05) is 26.7 Å². The first-order valence-corrected chi connectivity index (χ1v) is 6.01. The fraction of sp³-hybridized carbons (Fsp3) is 1.00. The van der Waals surface area contributed by atoms with Crippen molar-refractivity contribution in [3.05, 3.63) is 0 Å². The molecule has 0 amide bonds. The number of nitrogens with zero attached hydrogens (tertiary/aromatic N) is 1. The molecule has 1 rings (SSSR count). The summed E-state index contributed by atoms with van der Waals surface area (Å²) in [5, 5.41) is 0. The van der Waals surface area contributed by atoms with Gasteiger partial charge in [-0.15, -0.1) is 0 Å². The van der Waals surface area contributed by atoms with Gasteiger partial charge in [-0.3, -0.25) is 4.90 Å². The van der Waals surface area contributed by atoms with Crippen molar-refractivity contribution in [2.45, 2.75) is 64.6 Å². The predicted molar refractivity (Wildman–Crippen MR) is 62.3 cm³/mol. The van der Waals surface area contributed by atoms with Gasteiger partial charge in [0.1, 0.15) is 0 Å². The fourth-order valence-corrected chi connectivity index (χ4v) is 2.42. The van der Waals surface area contributed by atoms with Crippen molar-refractivity contribution < 1.29 is 0 Å². The minimum atomic E-state index is 0.398. The fourth-order valence-electron chi connectivity index (χ4n) is 2.42. The van der Waals surface area contributed by atoms with Crippen LogP contribution in [0.5, 0.6) is 0 Å². The Morgan fingerprint density at radius 1 is 1.14 bits per heavy atom. The molecule has 0 bridgehead atoms. The molecule has 84 valence electrons. The molecular formula is C12H26N2. The molecule has 0 spiro atoms. The van der Waals surface area contributed by atoms with Crippen molar-refractivity contribution in [1.82, 2.24) is 4.90 Å².